The highest BCUT2D eigenvalue weighted by Gasteiger charge is 2.44. The number of nitrogens with zero attached hydrogens (tertiary/aromatic N) is 2. The van der Waals surface area contributed by atoms with Crippen LogP contribution in [0.3, 0.4) is 0 Å². The minimum Gasteiger partial charge on any atom is -0.444 e. The Morgan fingerprint density at radius 3 is 2.18 bits per heavy atom. The molecule has 2 bridgehead atoms. The summed E-state index contributed by atoms with van der Waals surface area (Å²) in [6.07, 6.45) is 2.64. The van der Waals surface area contributed by atoms with Crippen LogP contribution in [0.1, 0.15) is 81.8 Å². The van der Waals surface area contributed by atoms with Crippen molar-refractivity contribution in [2.75, 3.05) is 0 Å². The van der Waals surface area contributed by atoms with Gasteiger partial charge in [-0.2, -0.15) is 5.26 Å². The van der Waals surface area contributed by atoms with Crippen molar-refractivity contribution in [2.24, 2.45) is 0 Å². The van der Waals surface area contributed by atoms with Gasteiger partial charge >= 0.3 is 6.09 Å². The first-order chi connectivity index (χ1) is 21.1. The average Bonchev–Trinajstić information content (AvgIpc) is 3.20. The Morgan fingerprint density at radius 2 is 1.60 bits per heavy atom. The molecule has 2 fully saturated rings. The molecular weight excluding hydrogens is 576 g/mol. The van der Waals surface area contributed by atoms with Crippen molar-refractivity contribution in [3.8, 4) is 28.3 Å². The standard InChI is InChI=1S/C36H39F2N3O4/c1-35(2,3)45-34(43)40-25-17-26-10-11-27(18-25)41(26)33(42)23-9-13-28(29-12-6-21(14-32(29)38)19-36(4,5)44)30(15-23)22-7-8-24(20-39)31(37)16-22/h6-9,12-16,25-27,44H,10-11,17-19H2,1-5H3,(H,40,43)/t25?,26-,27+. The Labute approximate surface area is 262 Å². The molecule has 0 spiro atoms. The third kappa shape index (κ3) is 7.34. The molecule has 2 aliphatic heterocycles. The first kappa shape index (κ1) is 32.1. The van der Waals surface area contributed by atoms with E-state index in [-0.39, 0.29) is 41.6 Å². The van der Waals surface area contributed by atoms with Crippen LogP contribution < -0.4 is 5.32 Å². The van der Waals surface area contributed by atoms with Crippen LogP contribution in [0.5, 0.6) is 0 Å². The fourth-order valence-corrected chi connectivity index (χ4v) is 6.56. The second-order valence-electron chi connectivity index (χ2n) is 13.8. The zero-order chi connectivity index (χ0) is 32.7. The molecule has 7 nitrogen and oxygen atoms in total. The molecule has 5 rings (SSSR count). The molecule has 0 aromatic heterocycles. The third-order valence-electron chi connectivity index (χ3n) is 8.32. The summed E-state index contributed by atoms with van der Waals surface area (Å²) < 4.78 is 35.8. The number of benzene rings is 3. The van der Waals surface area contributed by atoms with Crippen LogP contribution in [0.15, 0.2) is 54.6 Å². The predicted molar refractivity (Wildman–Crippen MR) is 167 cm³/mol. The Kier molecular flexibility index (Phi) is 8.74. The van der Waals surface area contributed by atoms with Crippen LogP contribution in [0.2, 0.25) is 0 Å². The van der Waals surface area contributed by atoms with Crippen LogP contribution in [-0.4, -0.2) is 51.3 Å². The summed E-state index contributed by atoms with van der Waals surface area (Å²) in [6, 6.07) is 15.5. The quantitative estimate of drug-likeness (QED) is 0.307. The first-order valence-electron chi connectivity index (χ1n) is 15.3. The highest BCUT2D eigenvalue weighted by Crippen LogP contribution is 2.40. The fourth-order valence-electron chi connectivity index (χ4n) is 6.56. The maximum absolute atomic E-state index is 15.6. The maximum atomic E-state index is 15.6. The number of nitriles is 1. The Bertz CT molecular complexity index is 1650. The van der Waals surface area contributed by atoms with Gasteiger partial charge in [-0.3, -0.25) is 4.79 Å². The number of amides is 2. The summed E-state index contributed by atoms with van der Waals surface area (Å²) >= 11 is 0. The molecule has 1 unspecified atom stereocenters. The lowest BCUT2D eigenvalue weighted by Crippen LogP contribution is -2.53. The molecule has 236 valence electrons. The SMILES string of the molecule is CC(C)(O)Cc1ccc(-c2ccc(C(=O)N3[C@@H]4CC[C@H]3CC(NC(=O)OC(C)(C)C)C4)cc2-c2ccc(C#N)c(F)c2)c(F)c1. The fraction of sp³-hybridized carbons (Fsp3) is 0.417. The number of alkyl carbamates (subject to hydrolysis) is 1. The molecule has 0 aliphatic carbocycles. The van der Waals surface area contributed by atoms with E-state index in [0.717, 1.165) is 12.8 Å². The number of nitrogens with one attached hydrogen (secondary N) is 1. The molecule has 2 N–H and O–H groups in total. The van der Waals surface area contributed by atoms with Crippen molar-refractivity contribution in [3.05, 3.63) is 82.9 Å². The van der Waals surface area contributed by atoms with Crippen LogP contribution in [-0.2, 0) is 11.2 Å². The van der Waals surface area contributed by atoms with Gasteiger partial charge in [-0.15, -0.1) is 0 Å². The Morgan fingerprint density at radius 1 is 0.933 bits per heavy atom. The summed E-state index contributed by atoms with van der Waals surface area (Å²) in [7, 11) is 0. The van der Waals surface area contributed by atoms with E-state index in [2.05, 4.69) is 5.32 Å². The number of carbonyl (C=O) groups excluding carboxylic acids is 2. The van der Waals surface area contributed by atoms with E-state index in [4.69, 9.17) is 4.74 Å². The molecule has 2 aliphatic rings. The first-order valence-corrected chi connectivity index (χ1v) is 15.3. The second-order valence-corrected chi connectivity index (χ2v) is 13.8. The van der Waals surface area contributed by atoms with E-state index in [9.17, 15) is 24.3 Å². The van der Waals surface area contributed by atoms with E-state index in [1.807, 2.05) is 31.7 Å². The summed E-state index contributed by atoms with van der Waals surface area (Å²) in [5, 5.41) is 22.4. The summed E-state index contributed by atoms with van der Waals surface area (Å²) in [5.74, 6) is -1.40. The normalized spacial score (nSPS) is 19.6. The Balaban J connectivity index is 1.47. The van der Waals surface area contributed by atoms with Crippen molar-refractivity contribution < 1.29 is 28.2 Å². The smallest absolute Gasteiger partial charge is 0.407 e. The minimum atomic E-state index is -1.01. The summed E-state index contributed by atoms with van der Waals surface area (Å²) in [4.78, 5) is 28.3. The van der Waals surface area contributed by atoms with Crippen molar-refractivity contribution >= 4 is 12.0 Å². The van der Waals surface area contributed by atoms with Gasteiger partial charge in [0.25, 0.3) is 5.91 Å². The molecular formula is C36H39F2N3O4. The number of hydrogen-bond acceptors (Lipinski definition) is 5. The van der Waals surface area contributed by atoms with Crippen LogP contribution in [0, 0.1) is 23.0 Å². The molecule has 3 aromatic carbocycles. The molecule has 3 atom stereocenters. The van der Waals surface area contributed by atoms with Gasteiger partial charge in [0.15, 0.2) is 0 Å². The largest absolute Gasteiger partial charge is 0.444 e. The van der Waals surface area contributed by atoms with Crippen LogP contribution in [0.4, 0.5) is 13.6 Å². The maximum Gasteiger partial charge on any atom is 0.407 e. The lowest BCUT2D eigenvalue weighted by molar-refractivity contribution is 0.0418. The van der Waals surface area contributed by atoms with E-state index in [1.165, 1.54) is 18.2 Å². The summed E-state index contributed by atoms with van der Waals surface area (Å²) in [6.45, 7) is 8.73. The summed E-state index contributed by atoms with van der Waals surface area (Å²) in [5.41, 5.74) is 0.854. The third-order valence-corrected chi connectivity index (χ3v) is 8.32. The highest BCUT2D eigenvalue weighted by atomic mass is 19.1. The number of carbonyl (C=O) groups is 2. The zero-order valence-electron chi connectivity index (χ0n) is 26.3. The van der Waals surface area contributed by atoms with Crippen molar-refractivity contribution in [3.63, 3.8) is 0 Å². The predicted octanol–water partition coefficient (Wildman–Crippen LogP) is 7.14. The average molecular weight is 616 g/mol. The van der Waals surface area contributed by atoms with Gasteiger partial charge in [0.1, 0.15) is 23.3 Å². The molecule has 2 saturated heterocycles. The van der Waals surface area contributed by atoms with Gasteiger partial charge in [0, 0.05) is 35.7 Å². The van der Waals surface area contributed by atoms with Crippen LogP contribution in [0.25, 0.3) is 22.3 Å². The van der Waals surface area contributed by atoms with Gasteiger partial charge in [-0.05, 0) is 113 Å². The van der Waals surface area contributed by atoms with Crippen molar-refractivity contribution in [1.82, 2.24) is 10.2 Å². The molecule has 3 aromatic rings. The van der Waals surface area contributed by atoms with Gasteiger partial charge in [0.2, 0.25) is 0 Å². The van der Waals surface area contributed by atoms with E-state index in [0.29, 0.717) is 40.7 Å². The van der Waals surface area contributed by atoms with Gasteiger partial charge in [0.05, 0.1) is 11.2 Å². The van der Waals surface area contributed by atoms with Crippen molar-refractivity contribution in [2.45, 2.75) is 96.1 Å². The van der Waals surface area contributed by atoms with Crippen molar-refractivity contribution in [1.29, 1.82) is 5.26 Å². The number of ether oxygens (including phenoxy) is 1. The topological polar surface area (TPSA) is 103 Å². The number of piperidine rings is 1. The molecule has 45 heavy (non-hydrogen) atoms. The van der Waals surface area contributed by atoms with Crippen LogP contribution >= 0.6 is 0 Å². The number of aliphatic hydroxyl groups is 1. The van der Waals surface area contributed by atoms with E-state index < -0.39 is 28.9 Å². The molecule has 0 saturated carbocycles. The number of fused-ring (bicyclic) bond motifs is 2. The lowest BCUT2D eigenvalue weighted by atomic mass is 9.89. The van der Waals surface area contributed by atoms with Gasteiger partial charge in [-0.1, -0.05) is 24.3 Å². The zero-order valence-corrected chi connectivity index (χ0v) is 26.3. The molecule has 2 amide bonds. The second kappa shape index (κ2) is 12.2. The molecule has 2 heterocycles. The molecule has 9 heteroatoms. The molecule has 0 radical (unpaired) electrons. The lowest BCUT2D eigenvalue weighted by Gasteiger charge is -2.39. The number of halogens is 2. The van der Waals surface area contributed by atoms with E-state index in [1.54, 1.807) is 50.2 Å². The van der Waals surface area contributed by atoms with Gasteiger partial charge < -0.3 is 20.1 Å². The van der Waals surface area contributed by atoms with Gasteiger partial charge in [-0.25, -0.2) is 13.6 Å². The monoisotopic (exact) mass is 615 g/mol. The Hall–Kier alpha value is -4.29. The minimum absolute atomic E-state index is 0.0626. The number of rotatable bonds is 6. The van der Waals surface area contributed by atoms with E-state index >= 15 is 4.39 Å². The highest BCUT2D eigenvalue weighted by molar-refractivity contribution is 5.98. The number of hydrogen-bond donors (Lipinski definition) is 2.